The predicted molar refractivity (Wildman–Crippen MR) is 66.7 cm³/mol. The molecule has 1 aromatic rings. The third kappa shape index (κ3) is 2.74. The highest BCUT2D eigenvalue weighted by molar-refractivity contribution is 5.93. The summed E-state index contributed by atoms with van der Waals surface area (Å²) in [5, 5.41) is 0. The van der Waals surface area contributed by atoms with Crippen molar-refractivity contribution >= 4 is 11.7 Å². The minimum atomic E-state index is -0.412. The van der Waals surface area contributed by atoms with Crippen molar-refractivity contribution in [3.05, 3.63) is 23.9 Å². The van der Waals surface area contributed by atoms with Gasteiger partial charge in [0.05, 0.1) is 0 Å². The maximum atomic E-state index is 11.1. The van der Waals surface area contributed by atoms with Gasteiger partial charge in [0, 0.05) is 24.8 Å². The molecule has 92 valence electrons. The molecule has 0 aromatic carbocycles. The second kappa shape index (κ2) is 5.14. The molecule has 0 radical (unpaired) electrons. The maximum absolute atomic E-state index is 11.1. The molecule has 1 aliphatic heterocycles. The van der Waals surface area contributed by atoms with E-state index < -0.39 is 5.91 Å². The Morgan fingerprint density at radius 3 is 2.76 bits per heavy atom. The summed E-state index contributed by atoms with van der Waals surface area (Å²) in [5.74, 6) is 1.04. The first-order chi connectivity index (χ1) is 8.20. The molecular formula is C12H18N4O. The lowest BCUT2D eigenvalue weighted by molar-refractivity contribution is 0.1000. The molecular weight excluding hydrogens is 216 g/mol. The van der Waals surface area contributed by atoms with E-state index in [1.807, 2.05) is 0 Å². The smallest absolute Gasteiger partial charge is 0.248 e. The molecule has 4 N–H and O–H groups in total. The number of hydrogen-bond acceptors (Lipinski definition) is 4. The molecule has 1 aliphatic rings. The average Bonchev–Trinajstić information content (AvgIpc) is 2.39. The molecule has 0 bridgehead atoms. The second-order valence-electron chi connectivity index (χ2n) is 4.43. The van der Waals surface area contributed by atoms with E-state index in [0.717, 1.165) is 38.3 Å². The van der Waals surface area contributed by atoms with E-state index in [9.17, 15) is 4.79 Å². The number of amides is 1. The molecule has 1 saturated heterocycles. The van der Waals surface area contributed by atoms with Crippen LogP contribution in [0, 0.1) is 5.92 Å². The standard InChI is InChI=1S/C12H18N4O/c13-8-9-2-5-16(6-3-9)11-7-10(12(14)17)1-4-15-11/h1,4,7,9H,2-3,5-6,8,13H2,(H2,14,17). The predicted octanol–water partition coefficient (Wildman–Crippen LogP) is 0.356. The maximum Gasteiger partial charge on any atom is 0.248 e. The number of pyridine rings is 1. The number of piperidine rings is 1. The van der Waals surface area contributed by atoms with Gasteiger partial charge in [0.1, 0.15) is 5.82 Å². The first-order valence-corrected chi connectivity index (χ1v) is 5.91. The number of carbonyl (C=O) groups is 1. The molecule has 0 aliphatic carbocycles. The van der Waals surface area contributed by atoms with E-state index in [1.165, 1.54) is 0 Å². The number of nitrogens with zero attached hydrogens (tertiary/aromatic N) is 2. The van der Waals surface area contributed by atoms with Gasteiger partial charge in [-0.25, -0.2) is 4.98 Å². The van der Waals surface area contributed by atoms with Gasteiger partial charge in [0.25, 0.3) is 0 Å². The highest BCUT2D eigenvalue weighted by Gasteiger charge is 2.19. The van der Waals surface area contributed by atoms with Gasteiger partial charge in [-0.3, -0.25) is 4.79 Å². The van der Waals surface area contributed by atoms with Crippen LogP contribution < -0.4 is 16.4 Å². The van der Waals surface area contributed by atoms with Crippen LogP contribution in [-0.2, 0) is 0 Å². The van der Waals surface area contributed by atoms with Crippen molar-refractivity contribution in [2.75, 3.05) is 24.5 Å². The van der Waals surface area contributed by atoms with E-state index in [2.05, 4.69) is 9.88 Å². The highest BCUT2D eigenvalue weighted by atomic mass is 16.1. The van der Waals surface area contributed by atoms with E-state index in [4.69, 9.17) is 11.5 Å². The van der Waals surface area contributed by atoms with Gasteiger partial charge >= 0.3 is 0 Å². The van der Waals surface area contributed by atoms with Gasteiger partial charge in [-0.15, -0.1) is 0 Å². The third-order valence-electron chi connectivity index (χ3n) is 3.30. The van der Waals surface area contributed by atoms with Crippen LogP contribution in [0.15, 0.2) is 18.3 Å². The van der Waals surface area contributed by atoms with E-state index >= 15 is 0 Å². The van der Waals surface area contributed by atoms with Crippen molar-refractivity contribution < 1.29 is 4.79 Å². The molecule has 1 amide bonds. The molecule has 0 atom stereocenters. The Hall–Kier alpha value is -1.62. The van der Waals surface area contributed by atoms with Gasteiger partial charge in [0.2, 0.25) is 5.91 Å². The minimum absolute atomic E-state index is 0.412. The number of nitrogens with two attached hydrogens (primary N) is 2. The zero-order valence-corrected chi connectivity index (χ0v) is 9.80. The van der Waals surface area contributed by atoms with Gasteiger partial charge in [0.15, 0.2) is 0 Å². The average molecular weight is 234 g/mol. The number of primary amides is 1. The number of rotatable bonds is 3. The summed E-state index contributed by atoms with van der Waals surface area (Å²) >= 11 is 0. The van der Waals surface area contributed by atoms with Crippen LogP contribution in [0.5, 0.6) is 0 Å². The Morgan fingerprint density at radius 1 is 1.47 bits per heavy atom. The largest absolute Gasteiger partial charge is 0.366 e. The summed E-state index contributed by atoms with van der Waals surface area (Å²) in [5.41, 5.74) is 11.4. The summed E-state index contributed by atoms with van der Waals surface area (Å²) in [6.45, 7) is 2.64. The first-order valence-electron chi connectivity index (χ1n) is 5.91. The summed E-state index contributed by atoms with van der Waals surface area (Å²) in [6.07, 6.45) is 3.79. The first kappa shape index (κ1) is 11.9. The Kier molecular flexibility index (Phi) is 3.58. The molecule has 0 saturated carbocycles. The lowest BCUT2D eigenvalue weighted by atomic mass is 9.97. The molecule has 1 fully saturated rings. The minimum Gasteiger partial charge on any atom is -0.366 e. The number of aromatic nitrogens is 1. The van der Waals surface area contributed by atoms with Crippen LogP contribution in [0.4, 0.5) is 5.82 Å². The quantitative estimate of drug-likeness (QED) is 0.790. The number of anilines is 1. The number of carbonyl (C=O) groups excluding carboxylic acids is 1. The van der Waals surface area contributed by atoms with E-state index in [-0.39, 0.29) is 0 Å². The SMILES string of the molecule is NCC1CCN(c2cc(C(N)=O)ccn2)CC1. The Bertz CT molecular complexity index is 399. The molecule has 2 rings (SSSR count). The van der Waals surface area contributed by atoms with Crippen molar-refractivity contribution in [2.24, 2.45) is 17.4 Å². The van der Waals surface area contributed by atoms with Crippen LogP contribution in [0.3, 0.4) is 0 Å². The van der Waals surface area contributed by atoms with Crippen molar-refractivity contribution in [3.63, 3.8) is 0 Å². The fraction of sp³-hybridized carbons (Fsp3) is 0.500. The molecule has 5 heteroatoms. The van der Waals surface area contributed by atoms with Gasteiger partial charge in [-0.05, 0) is 37.4 Å². The molecule has 1 aromatic heterocycles. The second-order valence-corrected chi connectivity index (χ2v) is 4.43. The normalized spacial score (nSPS) is 17.1. The highest BCUT2D eigenvalue weighted by Crippen LogP contribution is 2.21. The monoisotopic (exact) mass is 234 g/mol. The van der Waals surface area contributed by atoms with Crippen molar-refractivity contribution in [2.45, 2.75) is 12.8 Å². The Morgan fingerprint density at radius 2 is 2.18 bits per heavy atom. The zero-order valence-electron chi connectivity index (χ0n) is 9.80. The molecule has 17 heavy (non-hydrogen) atoms. The summed E-state index contributed by atoms with van der Waals surface area (Å²) in [6, 6.07) is 3.39. The third-order valence-corrected chi connectivity index (χ3v) is 3.30. The van der Waals surface area contributed by atoms with Crippen LogP contribution in [-0.4, -0.2) is 30.5 Å². The number of hydrogen-bond donors (Lipinski definition) is 2. The topological polar surface area (TPSA) is 85.2 Å². The fourth-order valence-corrected chi connectivity index (χ4v) is 2.14. The Balaban J connectivity index is 2.08. The van der Waals surface area contributed by atoms with Gasteiger partial charge < -0.3 is 16.4 Å². The summed E-state index contributed by atoms with van der Waals surface area (Å²) in [7, 11) is 0. The van der Waals surface area contributed by atoms with Gasteiger partial charge in [-0.1, -0.05) is 0 Å². The van der Waals surface area contributed by atoms with E-state index in [0.29, 0.717) is 11.5 Å². The van der Waals surface area contributed by atoms with Crippen LogP contribution in [0.2, 0.25) is 0 Å². The van der Waals surface area contributed by atoms with Crippen LogP contribution >= 0.6 is 0 Å². The van der Waals surface area contributed by atoms with Crippen LogP contribution in [0.1, 0.15) is 23.2 Å². The fourth-order valence-electron chi connectivity index (χ4n) is 2.14. The molecule has 2 heterocycles. The Labute approximate surface area is 101 Å². The van der Waals surface area contributed by atoms with Gasteiger partial charge in [-0.2, -0.15) is 0 Å². The van der Waals surface area contributed by atoms with Crippen LogP contribution in [0.25, 0.3) is 0 Å². The summed E-state index contributed by atoms with van der Waals surface area (Å²) < 4.78 is 0. The molecule has 0 spiro atoms. The molecule has 5 nitrogen and oxygen atoms in total. The summed E-state index contributed by atoms with van der Waals surface area (Å²) in [4.78, 5) is 17.6. The van der Waals surface area contributed by atoms with Crippen molar-refractivity contribution in [3.8, 4) is 0 Å². The zero-order chi connectivity index (χ0) is 12.3. The lowest BCUT2D eigenvalue weighted by Gasteiger charge is -2.32. The van der Waals surface area contributed by atoms with Crippen molar-refractivity contribution in [1.82, 2.24) is 4.98 Å². The molecule has 0 unspecified atom stereocenters. The lowest BCUT2D eigenvalue weighted by Crippen LogP contribution is -2.36. The van der Waals surface area contributed by atoms with E-state index in [1.54, 1.807) is 18.3 Å². The van der Waals surface area contributed by atoms with Crippen molar-refractivity contribution in [1.29, 1.82) is 0 Å².